The zero-order chi connectivity index (χ0) is 23.2. The maximum atomic E-state index is 13.8. The number of nitrogens with one attached hydrogen (secondary N) is 1. The van der Waals surface area contributed by atoms with Crippen LogP contribution in [-0.4, -0.2) is 11.8 Å². The summed E-state index contributed by atoms with van der Waals surface area (Å²) in [5.74, 6) is -3.07. The van der Waals surface area contributed by atoms with Gasteiger partial charge in [0, 0.05) is 11.8 Å². The zero-order valence-electron chi connectivity index (χ0n) is 18.2. The molecule has 32 heavy (non-hydrogen) atoms. The van der Waals surface area contributed by atoms with E-state index in [1.807, 2.05) is 52.0 Å². The topological polar surface area (TPSA) is 49.4 Å². The Balaban J connectivity index is 1.88. The predicted octanol–water partition coefficient (Wildman–Crippen LogP) is 5.60. The largest absolute Gasteiger partial charge is 0.350 e. The van der Waals surface area contributed by atoms with E-state index >= 15 is 0 Å². The highest BCUT2D eigenvalue weighted by molar-refractivity contribution is 6.46. The number of halogens is 2. The Kier molecular flexibility index (Phi) is 5.38. The van der Waals surface area contributed by atoms with Crippen LogP contribution < -0.4 is 10.2 Å². The summed E-state index contributed by atoms with van der Waals surface area (Å²) in [7, 11) is 0. The van der Waals surface area contributed by atoms with Gasteiger partial charge in [0.1, 0.15) is 5.70 Å². The molecule has 1 aliphatic rings. The van der Waals surface area contributed by atoms with Crippen molar-refractivity contribution in [2.24, 2.45) is 0 Å². The minimum absolute atomic E-state index is 0.0212. The fourth-order valence-corrected chi connectivity index (χ4v) is 3.98. The molecule has 162 valence electrons. The minimum atomic E-state index is -1.05. The van der Waals surface area contributed by atoms with Gasteiger partial charge in [-0.1, -0.05) is 41.5 Å². The van der Waals surface area contributed by atoms with E-state index in [1.165, 1.54) is 6.07 Å². The Morgan fingerprint density at radius 2 is 1.38 bits per heavy atom. The van der Waals surface area contributed by atoms with Crippen LogP contribution in [0.4, 0.5) is 20.2 Å². The van der Waals surface area contributed by atoms with Gasteiger partial charge in [-0.15, -0.1) is 0 Å². The molecule has 1 N–H and O–H groups in total. The molecule has 0 atom stereocenters. The molecule has 0 fully saturated rings. The molecule has 0 saturated carbocycles. The number of nitrogens with zero attached hydrogens (tertiary/aromatic N) is 1. The molecular weight excluding hydrogens is 410 g/mol. The van der Waals surface area contributed by atoms with Gasteiger partial charge in [-0.2, -0.15) is 0 Å². The number of anilines is 2. The summed E-state index contributed by atoms with van der Waals surface area (Å²) >= 11 is 0. The fourth-order valence-electron chi connectivity index (χ4n) is 3.98. The molecule has 0 aromatic heterocycles. The second-order valence-electron chi connectivity index (χ2n) is 8.06. The Hall–Kier alpha value is -3.80. The third-order valence-corrected chi connectivity index (χ3v) is 5.52. The van der Waals surface area contributed by atoms with Gasteiger partial charge in [0.05, 0.1) is 11.3 Å². The molecule has 0 radical (unpaired) electrons. The van der Waals surface area contributed by atoms with E-state index in [9.17, 15) is 18.4 Å². The first-order chi connectivity index (χ1) is 15.2. The molecule has 4 nitrogen and oxygen atoms in total. The second kappa shape index (κ2) is 8.04. The highest BCUT2D eigenvalue weighted by atomic mass is 19.2. The summed E-state index contributed by atoms with van der Waals surface area (Å²) in [4.78, 5) is 28.2. The van der Waals surface area contributed by atoms with Crippen LogP contribution in [0, 0.1) is 39.3 Å². The quantitative estimate of drug-likeness (QED) is 0.547. The van der Waals surface area contributed by atoms with Crippen molar-refractivity contribution < 1.29 is 18.4 Å². The normalized spacial score (nSPS) is 13.9. The van der Waals surface area contributed by atoms with Crippen molar-refractivity contribution in [1.82, 2.24) is 0 Å². The lowest BCUT2D eigenvalue weighted by molar-refractivity contribution is -0.120. The van der Waals surface area contributed by atoms with Gasteiger partial charge < -0.3 is 5.32 Å². The summed E-state index contributed by atoms with van der Waals surface area (Å²) in [6.45, 7) is 7.57. The lowest BCUT2D eigenvalue weighted by atomic mass is 9.97. The van der Waals surface area contributed by atoms with Gasteiger partial charge in [-0.3, -0.25) is 9.59 Å². The zero-order valence-corrected chi connectivity index (χ0v) is 18.2. The van der Waals surface area contributed by atoms with E-state index in [2.05, 4.69) is 5.32 Å². The molecule has 0 spiro atoms. The van der Waals surface area contributed by atoms with Gasteiger partial charge in [-0.05, 0) is 62.6 Å². The standard InChI is InChI=1S/C26H22F2N2O2/c1-14-5-8-19(16(3)11-14)23-24(29-18-7-9-20(27)21(28)13-18)26(32)30(25(23)31)22-10-6-15(2)12-17(22)4/h5-13,29H,1-4H3. The van der Waals surface area contributed by atoms with Crippen molar-refractivity contribution in [3.8, 4) is 0 Å². The number of rotatable bonds is 4. The average Bonchev–Trinajstić information content (AvgIpc) is 2.95. The van der Waals surface area contributed by atoms with Gasteiger partial charge in [0.25, 0.3) is 11.8 Å². The maximum Gasteiger partial charge on any atom is 0.282 e. The first-order valence-corrected chi connectivity index (χ1v) is 10.2. The molecule has 0 unspecified atom stereocenters. The van der Waals surface area contributed by atoms with E-state index < -0.39 is 23.4 Å². The number of hydrogen-bond donors (Lipinski definition) is 1. The smallest absolute Gasteiger partial charge is 0.282 e. The molecule has 2 amide bonds. The molecule has 6 heteroatoms. The van der Waals surface area contributed by atoms with Crippen molar-refractivity contribution in [1.29, 1.82) is 0 Å². The average molecular weight is 432 g/mol. The number of aryl methyl sites for hydroxylation is 4. The highest BCUT2D eigenvalue weighted by Gasteiger charge is 2.41. The van der Waals surface area contributed by atoms with Crippen LogP contribution in [0.3, 0.4) is 0 Å². The molecule has 0 aliphatic carbocycles. The number of hydrogen-bond acceptors (Lipinski definition) is 3. The maximum absolute atomic E-state index is 13.8. The first-order valence-electron chi connectivity index (χ1n) is 10.2. The summed E-state index contributed by atoms with van der Waals surface area (Å²) in [6, 6.07) is 14.3. The summed E-state index contributed by atoms with van der Waals surface area (Å²) < 4.78 is 27.2. The lowest BCUT2D eigenvalue weighted by Gasteiger charge is -2.18. The Morgan fingerprint density at radius 1 is 0.719 bits per heavy atom. The Labute approximate surface area is 185 Å². The van der Waals surface area contributed by atoms with Crippen molar-refractivity contribution in [3.63, 3.8) is 0 Å². The molecular formula is C26H22F2N2O2. The molecule has 1 heterocycles. The van der Waals surface area contributed by atoms with Crippen LogP contribution in [0.25, 0.3) is 5.57 Å². The summed E-state index contributed by atoms with van der Waals surface area (Å²) in [5, 5.41) is 2.87. The van der Waals surface area contributed by atoms with E-state index in [1.54, 1.807) is 12.1 Å². The van der Waals surface area contributed by atoms with Gasteiger partial charge in [0.15, 0.2) is 11.6 Å². The monoisotopic (exact) mass is 432 g/mol. The van der Waals surface area contributed by atoms with Gasteiger partial charge in [0.2, 0.25) is 0 Å². The Bertz CT molecular complexity index is 1310. The van der Waals surface area contributed by atoms with E-state index in [-0.39, 0.29) is 17.0 Å². The SMILES string of the molecule is Cc1ccc(C2=C(Nc3ccc(F)c(F)c3)C(=O)N(c3ccc(C)cc3C)C2=O)c(C)c1. The van der Waals surface area contributed by atoms with Crippen molar-refractivity contribution >= 4 is 28.8 Å². The number of carbonyl (C=O) groups is 2. The van der Waals surface area contributed by atoms with Crippen LogP contribution in [0.15, 0.2) is 60.3 Å². The molecule has 0 saturated heterocycles. The molecule has 4 rings (SSSR count). The number of carbonyl (C=O) groups excluding carboxylic acids is 2. The van der Waals surface area contributed by atoms with E-state index in [0.29, 0.717) is 11.3 Å². The third-order valence-electron chi connectivity index (χ3n) is 5.52. The van der Waals surface area contributed by atoms with Crippen LogP contribution >= 0.6 is 0 Å². The first kappa shape index (κ1) is 21.4. The number of benzene rings is 3. The van der Waals surface area contributed by atoms with E-state index in [4.69, 9.17) is 0 Å². The molecule has 3 aromatic carbocycles. The minimum Gasteiger partial charge on any atom is -0.350 e. The van der Waals surface area contributed by atoms with Crippen LogP contribution in [0.1, 0.15) is 27.8 Å². The fraction of sp³-hybridized carbons (Fsp3) is 0.154. The van der Waals surface area contributed by atoms with Crippen LogP contribution in [0.2, 0.25) is 0 Å². The lowest BCUT2D eigenvalue weighted by Crippen LogP contribution is -2.33. The molecule has 1 aliphatic heterocycles. The highest BCUT2D eigenvalue weighted by Crippen LogP contribution is 2.36. The number of imide groups is 1. The molecule has 3 aromatic rings. The third kappa shape index (κ3) is 3.68. The predicted molar refractivity (Wildman–Crippen MR) is 121 cm³/mol. The van der Waals surface area contributed by atoms with Crippen LogP contribution in [-0.2, 0) is 9.59 Å². The van der Waals surface area contributed by atoms with Crippen molar-refractivity contribution in [2.75, 3.05) is 10.2 Å². The number of amides is 2. The van der Waals surface area contributed by atoms with Crippen LogP contribution in [0.5, 0.6) is 0 Å². The van der Waals surface area contributed by atoms with Gasteiger partial charge in [-0.25, -0.2) is 13.7 Å². The second-order valence-corrected chi connectivity index (χ2v) is 8.06. The van der Waals surface area contributed by atoms with Crippen molar-refractivity contribution in [3.05, 3.63) is 99.7 Å². The summed E-state index contributed by atoms with van der Waals surface area (Å²) in [6.07, 6.45) is 0. The Morgan fingerprint density at radius 3 is 2.00 bits per heavy atom. The van der Waals surface area contributed by atoms with Gasteiger partial charge >= 0.3 is 0 Å². The van der Waals surface area contributed by atoms with Crippen molar-refractivity contribution in [2.45, 2.75) is 27.7 Å². The summed E-state index contributed by atoms with van der Waals surface area (Å²) in [5.41, 5.74) is 5.10. The van der Waals surface area contributed by atoms with E-state index in [0.717, 1.165) is 39.3 Å². The molecule has 0 bridgehead atoms.